The summed E-state index contributed by atoms with van der Waals surface area (Å²) in [5, 5.41) is 0. The number of carbonyl (C=O) groups is 2. The van der Waals surface area contributed by atoms with Crippen molar-refractivity contribution in [3.05, 3.63) is 34.9 Å². The van der Waals surface area contributed by atoms with E-state index in [1.165, 1.54) is 7.11 Å². The molecule has 0 radical (unpaired) electrons. The number of benzene rings is 1. The van der Waals surface area contributed by atoms with Crippen LogP contribution < -0.4 is 0 Å². The number of rotatable bonds is 4. The van der Waals surface area contributed by atoms with Crippen LogP contribution in [0.15, 0.2) is 18.2 Å². The molecule has 0 spiro atoms. The first-order chi connectivity index (χ1) is 7.51. The Labute approximate surface area is 95.4 Å². The molecule has 0 unspecified atom stereocenters. The lowest BCUT2D eigenvalue weighted by molar-refractivity contribution is -0.143. The molecule has 0 aromatic heterocycles. The van der Waals surface area contributed by atoms with Gasteiger partial charge in [-0.2, -0.15) is 0 Å². The third-order valence-corrected chi connectivity index (χ3v) is 2.25. The van der Waals surface area contributed by atoms with E-state index >= 15 is 0 Å². The molecule has 1 aromatic rings. The molecule has 1 aromatic carbocycles. The summed E-state index contributed by atoms with van der Waals surface area (Å²) in [6, 6.07) is 5.97. The van der Waals surface area contributed by atoms with Crippen molar-refractivity contribution < 1.29 is 14.3 Å². The first kappa shape index (κ1) is 12.4. The summed E-state index contributed by atoms with van der Waals surface area (Å²) in [5.41, 5.74) is 3.20. The fraction of sp³-hybridized carbons (Fsp3) is 0.385. The molecule has 1 rings (SSSR count). The number of carbonyl (C=O) groups excluding carboxylic acids is 2. The Hall–Kier alpha value is -1.64. The fourth-order valence-corrected chi connectivity index (χ4v) is 1.69. The summed E-state index contributed by atoms with van der Waals surface area (Å²) in [5.74, 6) is -0.591. The van der Waals surface area contributed by atoms with Crippen LogP contribution >= 0.6 is 0 Å². The number of hydrogen-bond donors (Lipinski definition) is 0. The van der Waals surface area contributed by atoms with Crippen LogP contribution in [0.2, 0.25) is 0 Å². The lowest BCUT2D eigenvalue weighted by atomic mass is 10.0. The van der Waals surface area contributed by atoms with Gasteiger partial charge in [-0.05, 0) is 19.4 Å². The highest BCUT2D eigenvalue weighted by atomic mass is 16.5. The Bertz CT molecular complexity index is 387. The second-order valence-electron chi connectivity index (χ2n) is 3.96. The van der Waals surface area contributed by atoms with Gasteiger partial charge < -0.3 is 4.74 Å². The second-order valence-corrected chi connectivity index (χ2v) is 3.96. The summed E-state index contributed by atoms with van der Waals surface area (Å²) in [6.45, 7) is 3.97. The van der Waals surface area contributed by atoms with Crippen LogP contribution in [0, 0.1) is 13.8 Å². The monoisotopic (exact) mass is 220 g/mol. The molecule has 16 heavy (non-hydrogen) atoms. The van der Waals surface area contributed by atoms with Crippen LogP contribution in [0.5, 0.6) is 0 Å². The van der Waals surface area contributed by atoms with E-state index in [0.717, 1.165) is 16.7 Å². The second kappa shape index (κ2) is 5.45. The standard InChI is InChI=1S/C13H16O3/c1-9-4-10(2)6-11(5-9)7-12(14)8-13(15)16-3/h4-6H,7-8H2,1-3H3. The summed E-state index contributed by atoms with van der Waals surface area (Å²) in [7, 11) is 1.28. The Morgan fingerprint density at radius 2 is 1.69 bits per heavy atom. The van der Waals surface area contributed by atoms with Gasteiger partial charge in [0.05, 0.1) is 7.11 Å². The Morgan fingerprint density at radius 3 is 2.19 bits per heavy atom. The van der Waals surface area contributed by atoms with E-state index in [4.69, 9.17) is 0 Å². The molecular weight excluding hydrogens is 204 g/mol. The van der Waals surface area contributed by atoms with Crippen LogP contribution in [0.1, 0.15) is 23.1 Å². The number of Topliss-reactive ketones (excluding diaryl/α,β-unsaturated/α-hetero) is 1. The van der Waals surface area contributed by atoms with Crippen molar-refractivity contribution in [2.24, 2.45) is 0 Å². The van der Waals surface area contributed by atoms with E-state index in [-0.39, 0.29) is 18.6 Å². The molecule has 0 aliphatic heterocycles. The molecule has 0 amide bonds. The number of hydrogen-bond acceptors (Lipinski definition) is 3. The number of methoxy groups -OCH3 is 1. The predicted octanol–water partition coefficient (Wildman–Crippen LogP) is 1.98. The van der Waals surface area contributed by atoms with Gasteiger partial charge in [0.2, 0.25) is 0 Å². The van der Waals surface area contributed by atoms with Gasteiger partial charge in [0.15, 0.2) is 0 Å². The van der Waals surface area contributed by atoms with Crippen molar-refractivity contribution in [1.82, 2.24) is 0 Å². The Morgan fingerprint density at radius 1 is 1.12 bits per heavy atom. The third-order valence-electron chi connectivity index (χ3n) is 2.25. The first-order valence-corrected chi connectivity index (χ1v) is 5.17. The van der Waals surface area contributed by atoms with Gasteiger partial charge in [0.1, 0.15) is 12.2 Å². The summed E-state index contributed by atoms with van der Waals surface area (Å²) in [4.78, 5) is 22.4. The van der Waals surface area contributed by atoms with Crippen molar-refractivity contribution in [2.45, 2.75) is 26.7 Å². The van der Waals surface area contributed by atoms with Gasteiger partial charge in [-0.3, -0.25) is 9.59 Å². The number of esters is 1. The molecule has 0 aliphatic rings. The number of ether oxygens (including phenoxy) is 1. The van der Waals surface area contributed by atoms with Crippen molar-refractivity contribution in [2.75, 3.05) is 7.11 Å². The molecule has 0 fully saturated rings. The van der Waals surface area contributed by atoms with Crippen LogP contribution in [0.4, 0.5) is 0 Å². The largest absolute Gasteiger partial charge is 0.469 e. The first-order valence-electron chi connectivity index (χ1n) is 5.17. The molecule has 0 bridgehead atoms. The third kappa shape index (κ3) is 3.85. The minimum atomic E-state index is -0.477. The molecule has 0 saturated carbocycles. The molecule has 86 valence electrons. The van der Waals surface area contributed by atoms with Crippen LogP contribution in [-0.4, -0.2) is 18.9 Å². The highest BCUT2D eigenvalue weighted by Crippen LogP contribution is 2.10. The lowest BCUT2D eigenvalue weighted by Crippen LogP contribution is -2.11. The lowest BCUT2D eigenvalue weighted by Gasteiger charge is -2.04. The highest BCUT2D eigenvalue weighted by molar-refractivity contribution is 5.96. The van der Waals surface area contributed by atoms with Gasteiger partial charge in [0, 0.05) is 6.42 Å². The molecule has 3 nitrogen and oxygen atoms in total. The van der Waals surface area contributed by atoms with E-state index in [1.807, 2.05) is 32.0 Å². The minimum Gasteiger partial charge on any atom is -0.469 e. The van der Waals surface area contributed by atoms with Gasteiger partial charge in [-0.1, -0.05) is 29.3 Å². The van der Waals surface area contributed by atoms with Crippen LogP contribution in [-0.2, 0) is 20.7 Å². The van der Waals surface area contributed by atoms with Crippen LogP contribution in [0.3, 0.4) is 0 Å². The fourth-order valence-electron chi connectivity index (χ4n) is 1.69. The van der Waals surface area contributed by atoms with E-state index in [1.54, 1.807) is 0 Å². The summed E-state index contributed by atoms with van der Waals surface area (Å²) in [6.07, 6.45) is 0.140. The molecule has 3 heteroatoms. The SMILES string of the molecule is COC(=O)CC(=O)Cc1cc(C)cc(C)c1. The van der Waals surface area contributed by atoms with Crippen molar-refractivity contribution >= 4 is 11.8 Å². The highest BCUT2D eigenvalue weighted by Gasteiger charge is 2.10. The predicted molar refractivity (Wildman–Crippen MR) is 61.3 cm³/mol. The molecule has 0 heterocycles. The Kier molecular flexibility index (Phi) is 4.23. The van der Waals surface area contributed by atoms with Crippen LogP contribution in [0.25, 0.3) is 0 Å². The number of ketones is 1. The molecule has 0 atom stereocenters. The molecule has 0 N–H and O–H groups in total. The average Bonchev–Trinajstić information content (AvgIpc) is 2.15. The van der Waals surface area contributed by atoms with E-state index in [2.05, 4.69) is 4.74 Å². The van der Waals surface area contributed by atoms with E-state index in [0.29, 0.717) is 0 Å². The molecule has 0 saturated heterocycles. The van der Waals surface area contributed by atoms with Crippen molar-refractivity contribution in [3.63, 3.8) is 0 Å². The topological polar surface area (TPSA) is 43.4 Å². The Balaban J connectivity index is 2.66. The van der Waals surface area contributed by atoms with Gasteiger partial charge in [0.25, 0.3) is 0 Å². The molecule has 0 aliphatic carbocycles. The maximum Gasteiger partial charge on any atom is 0.313 e. The van der Waals surface area contributed by atoms with Crippen molar-refractivity contribution in [3.8, 4) is 0 Å². The van der Waals surface area contributed by atoms with Gasteiger partial charge >= 0.3 is 5.97 Å². The number of aryl methyl sites for hydroxylation is 2. The van der Waals surface area contributed by atoms with E-state index < -0.39 is 5.97 Å². The zero-order valence-corrected chi connectivity index (χ0v) is 9.87. The van der Waals surface area contributed by atoms with Crippen molar-refractivity contribution in [1.29, 1.82) is 0 Å². The molecular formula is C13H16O3. The zero-order chi connectivity index (χ0) is 12.1. The minimum absolute atomic E-state index is 0.114. The smallest absolute Gasteiger partial charge is 0.313 e. The maximum absolute atomic E-state index is 11.5. The summed E-state index contributed by atoms with van der Waals surface area (Å²) >= 11 is 0. The maximum atomic E-state index is 11.5. The summed E-state index contributed by atoms with van der Waals surface area (Å²) < 4.78 is 4.45. The van der Waals surface area contributed by atoms with Gasteiger partial charge in [-0.15, -0.1) is 0 Å². The normalized spacial score (nSPS) is 9.94. The zero-order valence-electron chi connectivity index (χ0n) is 9.87. The van der Waals surface area contributed by atoms with Gasteiger partial charge in [-0.25, -0.2) is 0 Å². The van der Waals surface area contributed by atoms with E-state index in [9.17, 15) is 9.59 Å². The quantitative estimate of drug-likeness (QED) is 0.575. The average molecular weight is 220 g/mol.